The number of nitrogens with zero attached hydrogens (tertiary/aromatic N) is 1. The lowest BCUT2D eigenvalue weighted by molar-refractivity contribution is -0.142. The maximum atomic E-state index is 13.0. The van der Waals surface area contributed by atoms with Crippen LogP contribution >= 0.6 is 15.9 Å². The molecule has 0 heterocycles. The number of carbonyl (C=O) groups is 2. The molecule has 0 aliphatic heterocycles. The monoisotopic (exact) mass is 476 g/mol. The Morgan fingerprint density at radius 2 is 1.77 bits per heavy atom. The molecule has 162 valence electrons. The summed E-state index contributed by atoms with van der Waals surface area (Å²) in [6.07, 6.45) is 0. The predicted molar refractivity (Wildman–Crippen MR) is 121 cm³/mol. The van der Waals surface area contributed by atoms with E-state index in [-0.39, 0.29) is 25.0 Å². The molecular formula is C23H29BrN2O4. The van der Waals surface area contributed by atoms with Gasteiger partial charge in [0.2, 0.25) is 5.91 Å². The van der Waals surface area contributed by atoms with Crippen LogP contribution < -0.4 is 14.8 Å². The van der Waals surface area contributed by atoms with E-state index in [1.54, 1.807) is 21.1 Å². The number of rotatable bonds is 9. The van der Waals surface area contributed by atoms with Crippen LogP contribution in [0.4, 0.5) is 0 Å². The first-order chi connectivity index (χ1) is 14.3. The summed E-state index contributed by atoms with van der Waals surface area (Å²) in [7, 11) is 3.15. The highest BCUT2D eigenvalue weighted by atomic mass is 79.9. The summed E-state index contributed by atoms with van der Waals surface area (Å²) in [5.74, 6) is 1.20. The van der Waals surface area contributed by atoms with Crippen LogP contribution in [0.5, 0.6) is 11.5 Å². The standard InChI is InChI=1S/C23H29BrN2O4/c1-15(2)18-8-11-21(20(24)12-18)30-14-22(27)26(16(3)23(28)25-4)13-17-6-9-19(29-5)10-7-17/h6-12,15-16H,13-14H2,1-5H3,(H,25,28)/t16-/m0/s1. The summed E-state index contributed by atoms with van der Waals surface area (Å²) in [5, 5.41) is 2.60. The molecule has 2 aromatic carbocycles. The summed E-state index contributed by atoms with van der Waals surface area (Å²) in [4.78, 5) is 26.7. The van der Waals surface area contributed by atoms with Crippen molar-refractivity contribution in [2.45, 2.75) is 39.3 Å². The normalized spacial score (nSPS) is 11.7. The Bertz CT molecular complexity index is 868. The van der Waals surface area contributed by atoms with Gasteiger partial charge in [0.05, 0.1) is 11.6 Å². The predicted octanol–water partition coefficient (Wildman–Crippen LogP) is 4.12. The zero-order valence-corrected chi connectivity index (χ0v) is 19.7. The number of nitrogens with one attached hydrogen (secondary N) is 1. The lowest BCUT2D eigenvalue weighted by Gasteiger charge is -2.28. The van der Waals surface area contributed by atoms with E-state index in [0.29, 0.717) is 11.7 Å². The van der Waals surface area contributed by atoms with Crippen LogP contribution in [-0.2, 0) is 16.1 Å². The number of carbonyl (C=O) groups excluding carboxylic acids is 2. The molecule has 0 bridgehead atoms. The number of likely N-dealkylation sites (N-methyl/N-ethyl adjacent to an activating group) is 1. The molecule has 0 fully saturated rings. The average Bonchev–Trinajstić information content (AvgIpc) is 2.75. The van der Waals surface area contributed by atoms with E-state index in [1.807, 2.05) is 42.5 Å². The quantitative estimate of drug-likeness (QED) is 0.590. The second kappa shape index (κ2) is 11.0. The van der Waals surface area contributed by atoms with Crippen LogP contribution in [0.1, 0.15) is 37.8 Å². The van der Waals surface area contributed by atoms with Gasteiger partial charge < -0.3 is 19.7 Å². The number of methoxy groups -OCH3 is 1. The van der Waals surface area contributed by atoms with Crippen molar-refractivity contribution in [3.8, 4) is 11.5 Å². The second-order valence-electron chi connectivity index (χ2n) is 7.29. The summed E-state index contributed by atoms with van der Waals surface area (Å²) >= 11 is 3.51. The van der Waals surface area contributed by atoms with E-state index in [1.165, 1.54) is 10.5 Å². The van der Waals surface area contributed by atoms with Gasteiger partial charge in [-0.1, -0.05) is 32.0 Å². The van der Waals surface area contributed by atoms with Crippen LogP contribution in [0, 0.1) is 0 Å². The molecule has 30 heavy (non-hydrogen) atoms. The molecule has 0 radical (unpaired) electrons. The molecule has 2 aromatic rings. The van der Waals surface area contributed by atoms with Crippen LogP contribution in [-0.4, -0.2) is 43.5 Å². The molecule has 7 heteroatoms. The molecule has 1 atom stereocenters. The number of halogens is 1. The zero-order valence-electron chi connectivity index (χ0n) is 18.1. The van der Waals surface area contributed by atoms with Crippen molar-refractivity contribution in [2.24, 2.45) is 0 Å². The molecular weight excluding hydrogens is 448 g/mol. The highest BCUT2D eigenvalue weighted by Gasteiger charge is 2.26. The molecule has 0 spiro atoms. The lowest BCUT2D eigenvalue weighted by atomic mass is 10.0. The van der Waals surface area contributed by atoms with Crippen molar-refractivity contribution in [3.63, 3.8) is 0 Å². The average molecular weight is 477 g/mol. The van der Waals surface area contributed by atoms with Crippen LogP contribution in [0.15, 0.2) is 46.9 Å². The van der Waals surface area contributed by atoms with Gasteiger partial charge in [-0.15, -0.1) is 0 Å². The van der Waals surface area contributed by atoms with E-state index in [2.05, 4.69) is 35.1 Å². The maximum absolute atomic E-state index is 13.0. The minimum Gasteiger partial charge on any atom is -0.497 e. The number of benzene rings is 2. The maximum Gasteiger partial charge on any atom is 0.261 e. The Kier molecular flexibility index (Phi) is 8.72. The van der Waals surface area contributed by atoms with Gasteiger partial charge in [-0.3, -0.25) is 9.59 Å². The first-order valence-electron chi connectivity index (χ1n) is 9.83. The van der Waals surface area contributed by atoms with Crippen LogP contribution in [0.3, 0.4) is 0 Å². The third-order valence-electron chi connectivity index (χ3n) is 4.90. The van der Waals surface area contributed by atoms with Gasteiger partial charge in [0.1, 0.15) is 17.5 Å². The largest absolute Gasteiger partial charge is 0.497 e. The Hall–Kier alpha value is -2.54. The van der Waals surface area contributed by atoms with Crippen molar-refractivity contribution in [3.05, 3.63) is 58.1 Å². The molecule has 2 amide bonds. The molecule has 6 nitrogen and oxygen atoms in total. The molecule has 0 unspecified atom stereocenters. The first-order valence-corrected chi connectivity index (χ1v) is 10.6. The third-order valence-corrected chi connectivity index (χ3v) is 5.52. The first kappa shape index (κ1) is 23.7. The SMILES string of the molecule is CNC(=O)[C@H](C)N(Cc1ccc(OC)cc1)C(=O)COc1ccc(C(C)C)cc1Br. The van der Waals surface area contributed by atoms with Gasteiger partial charge in [-0.05, 0) is 64.2 Å². The lowest BCUT2D eigenvalue weighted by Crippen LogP contribution is -2.48. The fourth-order valence-electron chi connectivity index (χ4n) is 2.93. The Labute approximate surface area is 186 Å². The highest BCUT2D eigenvalue weighted by molar-refractivity contribution is 9.10. The molecule has 0 saturated heterocycles. The molecule has 1 N–H and O–H groups in total. The van der Waals surface area contributed by atoms with E-state index in [4.69, 9.17) is 9.47 Å². The number of amides is 2. The summed E-state index contributed by atoms with van der Waals surface area (Å²) in [6, 6.07) is 12.6. The van der Waals surface area contributed by atoms with Crippen molar-refractivity contribution >= 4 is 27.7 Å². The Balaban J connectivity index is 2.14. The fourth-order valence-corrected chi connectivity index (χ4v) is 3.45. The molecule has 0 aliphatic carbocycles. The van der Waals surface area contributed by atoms with Gasteiger partial charge in [-0.2, -0.15) is 0 Å². The number of hydrogen-bond acceptors (Lipinski definition) is 4. The number of ether oxygens (including phenoxy) is 2. The van der Waals surface area contributed by atoms with E-state index in [9.17, 15) is 9.59 Å². The van der Waals surface area contributed by atoms with Crippen molar-refractivity contribution < 1.29 is 19.1 Å². The van der Waals surface area contributed by atoms with Crippen molar-refractivity contribution in [2.75, 3.05) is 20.8 Å². The van der Waals surface area contributed by atoms with Crippen LogP contribution in [0.2, 0.25) is 0 Å². The molecule has 2 rings (SSSR count). The molecule has 0 saturated carbocycles. The molecule has 0 aliphatic rings. The van der Waals surface area contributed by atoms with Gasteiger partial charge in [0.25, 0.3) is 5.91 Å². The van der Waals surface area contributed by atoms with Gasteiger partial charge in [0, 0.05) is 13.6 Å². The fraction of sp³-hybridized carbons (Fsp3) is 0.391. The van der Waals surface area contributed by atoms with Crippen molar-refractivity contribution in [1.29, 1.82) is 0 Å². The van der Waals surface area contributed by atoms with Crippen LogP contribution in [0.25, 0.3) is 0 Å². The topological polar surface area (TPSA) is 67.9 Å². The third kappa shape index (κ3) is 6.23. The number of hydrogen-bond donors (Lipinski definition) is 1. The second-order valence-corrected chi connectivity index (χ2v) is 8.15. The highest BCUT2D eigenvalue weighted by Crippen LogP contribution is 2.29. The minimum atomic E-state index is -0.639. The Morgan fingerprint density at radius 3 is 2.30 bits per heavy atom. The smallest absolute Gasteiger partial charge is 0.261 e. The zero-order chi connectivity index (χ0) is 22.3. The van der Waals surface area contributed by atoms with Gasteiger partial charge in [0.15, 0.2) is 6.61 Å². The minimum absolute atomic E-state index is 0.170. The summed E-state index contributed by atoms with van der Waals surface area (Å²) in [5.41, 5.74) is 2.07. The summed E-state index contributed by atoms with van der Waals surface area (Å²) in [6.45, 7) is 6.05. The summed E-state index contributed by atoms with van der Waals surface area (Å²) < 4.78 is 11.7. The van der Waals surface area contributed by atoms with Crippen molar-refractivity contribution in [1.82, 2.24) is 10.2 Å². The van der Waals surface area contributed by atoms with E-state index < -0.39 is 6.04 Å². The van der Waals surface area contributed by atoms with Gasteiger partial charge >= 0.3 is 0 Å². The Morgan fingerprint density at radius 1 is 1.10 bits per heavy atom. The van der Waals surface area contributed by atoms with E-state index in [0.717, 1.165) is 15.8 Å². The van der Waals surface area contributed by atoms with Gasteiger partial charge in [-0.25, -0.2) is 0 Å². The molecule has 0 aromatic heterocycles. The van der Waals surface area contributed by atoms with E-state index >= 15 is 0 Å².